The second-order valence-corrected chi connectivity index (χ2v) is 5.19. The molecule has 0 atom stereocenters. The highest BCUT2D eigenvalue weighted by molar-refractivity contribution is 5.95. The summed E-state index contributed by atoms with van der Waals surface area (Å²) in [5, 5.41) is 8.89. The number of nitriles is 1. The number of hydrogen-bond donors (Lipinski definition) is 1. The van der Waals surface area contributed by atoms with Crippen LogP contribution in [0.5, 0.6) is 5.75 Å². The third-order valence-corrected chi connectivity index (χ3v) is 2.96. The molecule has 0 aliphatic rings. The number of anilines is 1. The fraction of sp³-hybridized carbons (Fsp3) is 0.467. The summed E-state index contributed by atoms with van der Waals surface area (Å²) in [5.74, 6) is 0.0768. The molecule has 2 N–H and O–H groups in total. The average Bonchev–Trinajstić information content (AvgIpc) is 2.44. The van der Waals surface area contributed by atoms with Crippen molar-refractivity contribution in [2.45, 2.75) is 26.7 Å². The van der Waals surface area contributed by atoms with Crippen LogP contribution in [0, 0.1) is 16.7 Å². The van der Waals surface area contributed by atoms with E-state index in [4.69, 9.17) is 20.5 Å². The second kappa shape index (κ2) is 6.80. The van der Waals surface area contributed by atoms with Crippen molar-refractivity contribution in [1.29, 1.82) is 5.26 Å². The van der Waals surface area contributed by atoms with Gasteiger partial charge in [-0.05, 0) is 44.9 Å². The van der Waals surface area contributed by atoms with Gasteiger partial charge in [0.05, 0.1) is 30.8 Å². The summed E-state index contributed by atoms with van der Waals surface area (Å²) < 4.78 is 10.2. The molecule has 1 aromatic carbocycles. The van der Waals surface area contributed by atoms with Crippen LogP contribution in [0.4, 0.5) is 5.69 Å². The number of ether oxygens (including phenoxy) is 2. The highest BCUT2D eigenvalue weighted by Crippen LogP contribution is 2.22. The summed E-state index contributed by atoms with van der Waals surface area (Å²) in [5.41, 5.74) is 5.99. The van der Waals surface area contributed by atoms with Crippen LogP contribution in [0.1, 0.15) is 37.0 Å². The van der Waals surface area contributed by atoms with E-state index in [-0.39, 0.29) is 6.61 Å². The van der Waals surface area contributed by atoms with Crippen LogP contribution in [0.15, 0.2) is 18.2 Å². The molecule has 5 nitrogen and oxygen atoms in total. The minimum Gasteiger partial charge on any atom is -0.497 e. The van der Waals surface area contributed by atoms with Crippen LogP contribution < -0.4 is 10.5 Å². The van der Waals surface area contributed by atoms with Gasteiger partial charge in [-0.2, -0.15) is 5.26 Å². The molecule has 0 saturated heterocycles. The maximum Gasteiger partial charge on any atom is 0.340 e. The van der Waals surface area contributed by atoms with Gasteiger partial charge in [0.25, 0.3) is 0 Å². The number of hydrogen-bond acceptors (Lipinski definition) is 5. The predicted octanol–water partition coefficient (Wildman–Crippen LogP) is 2.76. The lowest BCUT2D eigenvalue weighted by Gasteiger charge is -2.14. The van der Waals surface area contributed by atoms with Crippen LogP contribution in [0.25, 0.3) is 0 Å². The van der Waals surface area contributed by atoms with Crippen LogP contribution in [0.2, 0.25) is 0 Å². The van der Waals surface area contributed by atoms with E-state index in [1.807, 2.05) is 13.8 Å². The number of methoxy groups -OCH3 is 1. The maximum absolute atomic E-state index is 11.9. The van der Waals surface area contributed by atoms with Gasteiger partial charge in [-0.3, -0.25) is 0 Å². The molecule has 0 heterocycles. The maximum atomic E-state index is 11.9. The van der Waals surface area contributed by atoms with Crippen molar-refractivity contribution in [3.8, 4) is 11.8 Å². The van der Waals surface area contributed by atoms with Crippen LogP contribution in [-0.4, -0.2) is 19.7 Å². The Labute approximate surface area is 119 Å². The number of carbonyl (C=O) groups is 1. The van der Waals surface area contributed by atoms with Crippen molar-refractivity contribution in [1.82, 2.24) is 0 Å². The lowest BCUT2D eigenvalue weighted by molar-refractivity contribution is 0.0492. The van der Waals surface area contributed by atoms with Gasteiger partial charge in [-0.15, -0.1) is 0 Å². The molecule has 5 heteroatoms. The fourth-order valence-corrected chi connectivity index (χ4v) is 1.65. The fourth-order valence-electron chi connectivity index (χ4n) is 1.65. The van der Waals surface area contributed by atoms with E-state index in [0.29, 0.717) is 29.8 Å². The average molecular weight is 276 g/mol. The van der Waals surface area contributed by atoms with E-state index in [0.717, 1.165) is 0 Å². The highest BCUT2D eigenvalue weighted by Gasteiger charge is 2.17. The first kappa shape index (κ1) is 15.8. The summed E-state index contributed by atoms with van der Waals surface area (Å²) in [7, 11) is 1.52. The van der Waals surface area contributed by atoms with Crippen molar-refractivity contribution in [2.24, 2.45) is 5.41 Å². The zero-order chi connectivity index (χ0) is 15.2. The SMILES string of the molecule is COc1ccc(N)c(C(=O)OCCCC(C)(C)C#N)c1. The topological polar surface area (TPSA) is 85.3 Å². The molecule has 108 valence electrons. The van der Waals surface area contributed by atoms with Crippen molar-refractivity contribution in [3.05, 3.63) is 23.8 Å². The number of benzene rings is 1. The lowest BCUT2D eigenvalue weighted by Crippen LogP contribution is -2.12. The monoisotopic (exact) mass is 276 g/mol. The zero-order valence-corrected chi connectivity index (χ0v) is 12.1. The van der Waals surface area contributed by atoms with Crippen LogP contribution in [-0.2, 0) is 4.74 Å². The Hall–Kier alpha value is -2.22. The van der Waals surface area contributed by atoms with Gasteiger partial charge in [-0.25, -0.2) is 4.79 Å². The molecule has 0 aliphatic carbocycles. The third-order valence-electron chi connectivity index (χ3n) is 2.96. The van der Waals surface area contributed by atoms with Gasteiger partial charge >= 0.3 is 5.97 Å². The normalized spacial score (nSPS) is 10.7. The van der Waals surface area contributed by atoms with Crippen LogP contribution >= 0.6 is 0 Å². The Morgan fingerprint density at radius 1 is 1.45 bits per heavy atom. The Morgan fingerprint density at radius 2 is 2.15 bits per heavy atom. The van der Waals surface area contributed by atoms with E-state index in [2.05, 4.69) is 6.07 Å². The van der Waals surface area contributed by atoms with Gasteiger partial charge in [0, 0.05) is 5.69 Å². The Bertz CT molecular complexity index is 518. The van der Waals surface area contributed by atoms with Gasteiger partial charge in [0.15, 0.2) is 0 Å². The van der Waals surface area contributed by atoms with Crippen molar-refractivity contribution >= 4 is 11.7 Å². The van der Waals surface area contributed by atoms with Crippen molar-refractivity contribution in [2.75, 3.05) is 19.5 Å². The summed E-state index contributed by atoms with van der Waals surface area (Å²) in [6.45, 7) is 3.98. The molecule has 1 rings (SSSR count). The summed E-state index contributed by atoms with van der Waals surface area (Å²) >= 11 is 0. The molecule has 0 aromatic heterocycles. The number of esters is 1. The van der Waals surface area contributed by atoms with Gasteiger partial charge in [0.2, 0.25) is 0 Å². The first-order chi connectivity index (χ1) is 9.39. The molecule has 0 aliphatic heterocycles. The number of rotatable bonds is 6. The minimum absolute atomic E-state index is 0.264. The van der Waals surface area contributed by atoms with Crippen molar-refractivity contribution in [3.63, 3.8) is 0 Å². The molecular formula is C15H20N2O3. The quantitative estimate of drug-likeness (QED) is 0.490. The number of carbonyl (C=O) groups excluding carboxylic acids is 1. The Morgan fingerprint density at radius 3 is 2.75 bits per heavy atom. The Kier molecular flexibility index (Phi) is 5.39. The van der Waals surface area contributed by atoms with E-state index in [1.165, 1.54) is 7.11 Å². The lowest BCUT2D eigenvalue weighted by atomic mass is 9.90. The second-order valence-electron chi connectivity index (χ2n) is 5.19. The molecule has 0 fully saturated rings. The Balaban J connectivity index is 2.54. The molecule has 0 amide bonds. The summed E-state index contributed by atoms with van der Waals surface area (Å²) in [6.07, 6.45) is 1.31. The highest BCUT2D eigenvalue weighted by atomic mass is 16.5. The molecular weight excluding hydrogens is 256 g/mol. The van der Waals surface area contributed by atoms with Gasteiger partial charge in [0.1, 0.15) is 5.75 Å². The van der Waals surface area contributed by atoms with E-state index in [9.17, 15) is 4.79 Å². The number of nitrogens with two attached hydrogens (primary N) is 1. The molecule has 0 radical (unpaired) electrons. The number of nitrogen functional groups attached to an aromatic ring is 1. The third kappa shape index (κ3) is 4.47. The van der Waals surface area contributed by atoms with E-state index in [1.54, 1.807) is 18.2 Å². The van der Waals surface area contributed by atoms with Crippen molar-refractivity contribution < 1.29 is 14.3 Å². The first-order valence-electron chi connectivity index (χ1n) is 6.41. The number of nitrogens with zero attached hydrogens (tertiary/aromatic N) is 1. The van der Waals surface area contributed by atoms with Gasteiger partial charge in [-0.1, -0.05) is 0 Å². The predicted molar refractivity (Wildman–Crippen MR) is 76.3 cm³/mol. The molecule has 0 saturated carbocycles. The molecule has 0 spiro atoms. The largest absolute Gasteiger partial charge is 0.497 e. The van der Waals surface area contributed by atoms with E-state index >= 15 is 0 Å². The summed E-state index contributed by atoms with van der Waals surface area (Å²) in [4.78, 5) is 11.9. The molecule has 0 bridgehead atoms. The zero-order valence-electron chi connectivity index (χ0n) is 12.1. The standard InChI is InChI=1S/C15H20N2O3/c1-15(2,10-16)7-4-8-20-14(18)12-9-11(19-3)5-6-13(12)17/h5-6,9H,4,7-8,17H2,1-3H3. The van der Waals surface area contributed by atoms with Gasteiger partial charge < -0.3 is 15.2 Å². The minimum atomic E-state index is -0.476. The first-order valence-corrected chi connectivity index (χ1v) is 6.41. The molecule has 20 heavy (non-hydrogen) atoms. The summed E-state index contributed by atoms with van der Waals surface area (Å²) in [6, 6.07) is 7.05. The van der Waals surface area contributed by atoms with Crippen LogP contribution in [0.3, 0.4) is 0 Å². The smallest absolute Gasteiger partial charge is 0.340 e. The van der Waals surface area contributed by atoms with E-state index < -0.39 is 11.4 Å². The molecule has 1 aromatic rings. The molecule has 0 unspecified atom stereocenters.